The molecule has 0 fully saturated rings. The first kappa shape index (κ1) is 15.5. The van der Waals surface area contributed by atoms with E-state index in [0.29, 0.717) is 0 Å². The summed E-state index contributed by atoms with van der Waals surface area (Å²) in [5.74, 6) is -0.00929. The van der Waals surface area contributed by atoms with Gasteiger partial charge in [0.15, 0.2) is 0 Å². The fourth-order valence-electron chi connectivity index (χ4n) is 3.51. The first-order chi connectivity index (χ1) is 10.9. The number of hydrogen-bond donors (Lipinski definition) is 1. The fourth-order valence-corrected chi connectivity index (χ4v) is 3.51. The van der Waals surface area contributed by atoms with Gasteiger partial charge in [-0.1, -0.05) is 54.6 Å². The average Bonchev–Trinajstić information content (AvgIpc) is 2.53. The van der Waals surface area contributed by atoms with Gasteiger partial charge in [-0.2, -0.15) is 0 Å². The van der Waals surface area contributed by atoms with Crippen molar-refractivity contribution in [3.63, 3.8) is 0 Å². The van der Waals surface area contributed by atoms with E-state index in [-0.39, 0.29) is 18.1 Å². The highest BCUT2D eigenvalue weighted by Crippen LogP contribution is 2.43. The molecule has 1 aliphatic rings. The zero-order valence-electron chi connectivity index (χ0n) is 13.7. The van der Waals surface area contributed by atoms with Gasteiger partial charge in [-0.3, -0.25) is 9.59 Å². The smallest absolute Gasteiger partial charge is 0.231 e. The molecule has 0 radical (unpaired) electrons. The molecule has 1 aliphatic heterocycles. The third-order valence-electron chi connectivity index (χ3n) is 4.74. The molecular formula is C20H21NO2. The van der Waals surface area contributed by atoms with Crippen LogP contribution in [0.15, 0.2) is 54.6 Å². The molecule has 1 amide bonds. The SMILES string of the molecule is CC(=O)CC1(c2ccccc2)NC(=O)C(C)(C)c2ccccc21. The van der Waals surface area contributed by atoms with Crippen molar-refractivity contribution in [3.8, 4) is 0 Å². The zero-order valence-corrected chi connectivity index (χ0v) is 13.7. The van der Waals surface area contributed by atoms with Gasteiger partial charge in [0, 0.05) is 6.42 Å². The topological polar surface area (TPSA) is 46.2 Å². The minimum absolute atomic E-state index is 0.0451. The van der Waals surface area contributed by atoms with Crippen molar-refractivity contribution in [2.24, 2.45) is 0 Å². The number of hydrogen-bond acceptors (Lipinski definition) is 2. The molecule has 0 saturated carbocycles. The van der Waals surface area contributed by atoms with Crippen molar-refractivity contribution in [2.45, 2.75) is 38.1 Å². The Morgan fingerprint density at radius 1 is 0.957 bits per heavy atom. The Morgan fingerprint density at radius 3 is 2.13 bits per heavy atom. The quantitative estimate of drug-likeness (QED) is 0.945. The van der Waals surface area contributed by atoms with Crippen molar-refractivity contribution in [3.05, 3.63) is 71.3 Å². The lowest BCUT2D eigenvalue weighted by Crippen LogP contribution is -2.58. The first-order valence-corrected chi connectivity index (χ1v) is 7.85. The van der Waals surface area contributed by atoms with E-state index in [1.807, 2.05) is 68.4 Å². The highest BCUT2D eigenvalue weighted by molar-refractivity contribution is 5.93. The summed E-state index contributed by atoms with van der Waals surface area (Å²) < 4.78 is 0. The van der Waals surface area contributed by atoms with Crippen LogP contribution in [0, 0.1) is 0 Å². The van der Waals surface area contributed by atoms with Crippen molar-refractivity contribution in [2.75, 3.05) is 0 Å². The van der Waals surface area contributed by atoms with Crippen LogP contribution in [0.2, 0.25) is 0 Å². The van der Waals surface area contributed by atoms with Gasteiger partial charge in [-0.05, 0) is 37.5 Å². The van der Waals surface area contributed by atoms with E-state index in [4.69, 9.17) is 0 Å². The molecule has 3 nitrogen and oxygen atoms in total. The van der Waals surface area contributed by atoms with Crippen molar-refractivity contribution in [1.82, 2.24) is 5.32 Å². The standard InChI is InChI=1S/C20H21NO2/c1-14(22)13-20(15-9-5-4-6-10-15)17-12-8-7-11-16(17)19(2,3)18(23)21-20/h4-12H,13H2,1-3H3,(H,21,23). The lowest BCUT2D eigenvalue weighted by molar-refractivity contribution is -0.129. The van der Waals surface area contributed by atoms with Crippen molar-refractivity contribution < 1.29 is 9.59 Å². The van der Waals surface area contributed by atoms with Crippen LogP contribution in [0.1, 0.15) is 43.9 Å². The zero-order chi connectivity index (χ0) is 16.7. The van der Waals surface area contributed by atoms with Crippen LogP contribution in [0.5, 0.6) is 0 Å². The molecule has 118 valence electrons. The van der Waals surface area contributed by atoms with E-state index in [9.17, 15) is 9.59 Å². The van der Waals surface area contributed by atoms with Gasteiger partial charge in [0.25, 0.3) is 0 Å². The predicted molar refractivity (Wildman–Crippen MR) is 90.1 cm³/mol. The molecule has 0 aromatic heterocycles. The second-order valence-corrected chi connectivity index (χ2v) is 6.77. The molecule has 2 aromatic carbocycles. The summed E-state index contributed by atoms with van der Waals surface area (Å²) in [5, 5.41) is 3.16. The Kier molecular flexibility index (Phi) is 3.59. The van der Waals surface area contributed by atoms with E-state index in [0.717, 1.165) is 16.7 Å². The van der Waals surface area contributed by atoms with Crippen LogP contribution in [0.25, 0.3) is 0 Å². The molecule has 0 saturated heterocycles. The molecule has 1 heterocycles. The van der Waals surface area contributed by atoms with Crippen LogP contribution in [0.4, 0.5) is 0 Å². The number of carbonyl (C=O) groups excluding carboxylic acids is 2. The Balaban J connectivity index is 2.32. The Labute approximate surface area is 136 Å². The van der Waals surface area contributed by atoms with Gasteiger partial charge in [0.1, 0.15) is 5.78 Å². The molecule has 2 aromatic rings. The van der Waals surface area contributed by atoms with E-state index in [2.05, 4.69) is 5.32 Å². The molecule has 0 bridgehead atoms. The molecular weight excluding hydrogens is 286 g/mol. The number of amides is 1. The van der Waals surface area contributed by atoms with Gasteiger partial charge in [-0.15, -0.1) is 0 Å². The summed E-state index contributed by atoms with van der Waals surface area (Å²) in [6.07, 6.45) is 0.246. The summed E-state index contributed by atoms with van der Waals surface area (Å²) in [7, 11) is 0. The van der Waals surface area contributed by atoms with Gasteiger partial charge in [-0.25, -0.2) is 0 Å². The number of fused-ring (bicyclic) bond motifs is 1. The lowest BCUT2D eigenvalue weighted by Gasteiger charge is -2.45. The summed E-state index contributed by atoms with van der Waals surface area (Å²) in [4.78, 5) is 24.8. The third-order valence-corrected chi connectivity index (χ3v) is 4.74. The molecule has 23 heavy (non-hydrogen) atoms. The highest BCUT2D eigenvalue weighted by atomic mass is 16.2. The monoisotopic (exact) mass is 307 g/mol. The van der Waals surface area contributed by atoms with E-state index < -0.39 is 11.0 Å². The van der Waals surface area contributed by atoms with Crippen LogP contribution in [0.3, 0.4) is 0 Å². The molecule has 0 aliphatic carbocycles. The summed E-state index contributed by atoms with van der Waals surface area (Å²) in [5.41, 5.74) is 1.51. The maximum absolute atomic E-state index is 12.8. The number of Topliss-reactive ketones (excluding diaryl/α,β-unsaturated/α-hetero) is 1. The summed E-state index contributed by atoms with van der Waals surface area (Å²) in [6, 6.07) is 17.7. The number of benzene rings is 2. The van der Waals surface area contributed by atoms with Crippen molar-refractivity contribution in [1.29, 1.82) is 0 Å². The lowest BCUT2D eigenvalue weighted by atomic mass is 9.67. The normalized spacial score (nSPS) is 22.1. The van der Waals surface area contributed by atoms with E-state index in [1.54, 1.807) is 6.92 Å². The maximum Gasteiger partial charge on any atom is 0.231 e. The molecule has 3 rings (SSSR count). The average molecular weight is 307 g/mol. The maximum atomic E-state index is 12.8. The summed E-state index contributed by atoms with van der Waals surface area (Å²) >= 11 is 0. The fraction of sp³-hybridized carbons (Fsp3) is 0.300. The van der Waals surface area contributed by atoms with Gasteiger partial charge in [0.05, 0.1) is 11.0 Å². The largest absolute Gasteiger partial charge is 0.341 e. The second kappa shape index (κ2) is 5.34. The van der Waals surface area contributed by atoms with Gasteiger partial charge < -0.3 is 5.32 Å². The molecule has 1 atom stereocenters. The Bertz CT molecular complexity index is 764. The van der Waals surface area contributed by atoms with Gasteiger partial charge >= 0.3 is 0 Å². The van der Waals surface area contributed by atoms with Crippen LogP contribution >= 0.6 is 0 Å². The minimum atomic E-state index is -0.795. The first-order valence-electron chi connectivity index (χ1n) is 7.85. The van der Waals surface area contributed by atoms with Crippen LogP contribution < -0.4 is 5.32 Å². The molecule has 1 unspecified atom stereocenters. The second-order valence-electron chi connectivity index (χ2n) is 6.77. The highest BCUT2D eigenvalue weighted by Gasteiger charge is 2.48. The number of rotatable bonds is 3. The van der Waals surface area contributed by atoms with Crippen molar-refractivity contribution >= 4 is 11.7 Å². The van der Waals surface area contributed by atoms with Crippen LogP contribution in [-0.4, -0.2) is 11.7 Å². The van der Waals surface area contributed by atoms with Gasteiger partial charge in [0.2, 0.25) is 5.91 Å². The molecule has 1 N–H and O–H groups in total. The molecule has 0 spiro atoms. The van der Waals surface area contributed by atoms with E-state index >= 15 is 0 Å². The number of nitrogens with one attached hydrogen (secondary N) is 1. The number of ketones is 1. The minimum Gasteiger partial charge on any atom is -0.341 e. The number of carbonyl (C=O) groups is 2. The van der Waals surface area contributed by atoms with E-state index in [1.165, 1.54) is 0 Å². The Hall–Kier alpha value is -2.42. The summed E-state index contributed by atoms with van der Waals surface area (Å²) in [6.45, 7) is 5.41. The molecule has 3 heteroatoms. The van der Waals surface area contributed by atoms with Crippen LogP contribution in [-0.2, 0) is 20.5 Å². The predicted octanol–water partition coefficient (Wildman–Crippen LogP) is 3.32. The Morgan fingerprint density at radius 2 is 1.52 bits per heavy atom. The third kappa shape index (κ3) is 2.37.